The molecular weight excluding hydrogens is 276 g/mol. The van der Waals surface area contributed by atoms with Gasteiger partial charge in [0.05, 0.1) is 0 Å². The van der Waals surface area contributed by atoms with Crippen molar-refractivity contribution in [2.24, 2.45) is 11.8 Å². The van der Waals surface area contributed by atoms with Crippen LogP contribution in [0.2, 0.25) is 0 Å². The van der Waals surface area contributed by atoms with Gasteiger partial charge in [-0.2, -0.15) is 0 Å². The predicted octanol–water partition coefficient (Wildman–Crippen LogP) is 8.44. The van der Waals surface area contributed by atoms with Crippen molar-refractivity contribution in [2.45, 2.75) is 135 Å². The minimum Gasteiger partial charge on any atom is -0.0533 e. The van der Waals surface area contributed by atoms with Crippen LogP contribution in [0, 0.1) is 11.8 Å². The third kappa shape index (κ3) is 9.78. The molecule has 0 heterocycles. The number of fused-ring (bicyclic) bond motifs is 6. The number of rotatable bonds is 0. The summed E-state index contributed by atoms with van der Waals surface area (Å²) in [6.45, 7) is 0. The lowest BCUT2D eigenvalue weighted by Gasteiger charge is -2.17. The van der Waals surface area contributed by atoms with Gasteiger partial charge in [-0.25, -0.2) is 0 Å². The van der Waals surface area contributed by atoms with E-state index in [1.165, 1.54) is 96.3 Å². The van der Waals surface area contributed by atoms with E-state index in [1.54, 1.807) is 38.5 Å². The second-order valence-electron chi connectivity index (χ2n) is 8.77. The average molecular weight is 321 g/mol. The fourth-order valence-corrected chi connectivity index (χ4v) is 5.06. The maximum absolute atomic E-state index is 1.55. The second-order valence-corrected chi connectivity index (χ2v) is 8.77. The molecule has 0 amide bonds. The van der Waals surface area contributed by atoms with E-state index in [-0.39, 0.29) is 0 Å². The highest BCUT2D eigenvalue weighted by atomic mass is 14.2. The Labute approximate surface area is 147 Å². The monoisotopic (exact) mass is 320 g/mol. The lowest BCUT2D eigenvalue weighted by atomic mass is 9.89. The average Bonchev–Trinajstić information content (AvgIpc) is 2.57. The zero-order chi connectivity index (χ0) is 16.0. The van der Waals surface area contributed by atoms with Gasteiger partial charge in [0.15, 0.2) is 0 Å². The third-order valence-corrected chi connectivity index (χ3v) is 6.67. The molecule has 0 radical (unpaired) electrons. The Bertz CT molecular complexity index is 211. The molecule has 0 heteroatoms. The highest BCUT2D eigenvalue weighted by molar-refractivity contribution is 4.66. The van der Waals surface area contributed by atoms with Crippen molar-refractivity contribution in [3.63, 3.8) is 0 Å². The molecule has 136 valence electrons. The molecule has 23 heavy (non-hydrogen) atoms. The Hall–Kier alpha value is 0. The SMILES string of the molecule is C1CCCCC2CCCCCCCCC(CCC1)CCCCC2. The molecule has 0 atom stereocenters. The normalized spacial score (nSPS) is 31.3. The lowest BCUT2D eigenvalue weighted by Crippen LogP contribution is -2.02. The van der Waals surface area contributed by atoms with E-state index >= 15 is 0 Å². The van der Waals surface area contributed by atoms with Crippen LogP contribution in [0.4, 0.5) is 0 Å². The second kappa shape index (κ2) is 13.3. The fraction of sp³-hybridized carbons (Fsp3) is 1.00. The molecule has 2 aliphatic carbocycles. The molecule has 2 bridgehead atoms. The highest BCUT2D eigenvalue weighted by Crippen LogP contribution is 2.28. The first-order valence-corrected chi connectivity index (χ1v) is 11.4. The van der Waals surface area contributed by atoms with Crippen LogP contribution in [0.1, 0.15) is 135 Å². The smallest absolute Gasteiger partial charge is 0.0414 e. The van der Waals surface area contributed by atoms with E-state index in [2.05, 4.69) is 0 Å². The third-order valence-electron chi connectivity index (χ3n) is 6.67. The van der Waals surface area contributed by atoms with Crippen molar-refractivity contribution in [1.82, 2.24) is 0 Å². The Morgan fingerprint density at radius 3 is 0.652 bits per heavy atom. The lowest BCUT2D eigenvalue weighted by molar-refractivity contribution is 0.359. The van der Waals surface area contributed by atoms with Crippen LogP contribution >= 0.6 is 0 Å². The van der Waals surface area contributed by atoms with Gasteiger partial charge in [-0.05, 0) is 11.8 Å². The summed E-state index contributed by atoms with van der Waals surface area (Å²) in [4.78, 5) is 0. The van der Waals surface area contributed by atoms with Crippen LogP contribution in [0.25, 0.3) is 0 Å². The van der Waals surface area contributed by atoms with Gasteiger partial charge in [-0.15, -0.1) is 0 Å². The highest BCUT2D eigenvalue weighted by Gasteiger charge is 2.12. The summed E-state index contributed by atoms with van der Waals surface area (Å²) in [5.41, 5.74) is 0. The van der Waals surface area contributed by atoms with Crippen LogP contribution in [-0.4, -0.2) is 0 Å². The fourth-order valence-electron chi connectivity index (χ4n) is 5.06. The van der Waals surface area contributed by atoms with Crippen LogP contribution in [0.3, 0.4) is 0 Å². The first-order chi connectivity index (χ1) is 11.4. The molecule has 2 fully saturated rings. The zero-order valence-corrected chi connectivity index (χ0v) is 16.0. The van der Waals surface area contributed by atoms with Crippen LogP contribution in [0.15, 0.2) is 0 Å². The van der Waals surface area contributed by atoms with Crippen LogP contribution < -0.4 is 0 Å². The molecule has 0 aromatic carbocycles. The maximum atomic E-state index is 1.55. The topological polar surface area (TPSA) is 0 Å². The number of hydrogen-bond acceptors (Lipinski definition) is 0. The molecule has 2 rings (SSSR count). The molecule has 0 spiro atoms. The Balaban J connectivity index is 1.87. The van der Waals surface area contributed by atoms with Gasteiger partial charge in [-0.1, -0.05) is 135 Å². The molecule has 0 aromatic heterocycles. The van der Waals surface area contributed by atoms with Crippen LogP contribution in [-0.2, 0) is 0 Å². The van der Waals surface area contributed by atoms with Gasteiger partial charge in [0, 0.05) is 0 Å². The van der Waals surface area contributed by atoms with Gasteiger partial charge in [0.2, 0.25) is 0 Å². The van der Waals surface area contributed by atoms with Crippen LogP contribution in [0.5, 0.6) is 0 Å². The summed E-state index contributed by atoms with van der Waals surface area (Å²) in [6, 6.07) is 0. The van der Waals surface area contributed by atoms with Gasteiger partial charge in [0.25, 0.3) is 0 Å². The standard InChI is InChI=1S/C23H44/c1-2-6-11-17-23-19-13-8-4-3-7-12-18-22(16-10-5-1)20-14-9-15-21-23/h22-23H,1-21H2. The molecular formula is C23H44. The van der Waals surface area contributed by atoms with Gasteiger partial charge in [-0.3, -0.25) is 0 Å². The van der Waals surface area contributed by atoms with Gasteiger partial charge >= 0.3 is 0 Å². The van der Waals surface area contributed by atoms with Crippen molar-refractivity contribution in [2.75, 3.05) is 0 Å². The summed E-state index contributed by atoms with van der Waals surface area (Å²) in [6.07, 6.45) is 32.0. The molecule has 0 unspecified atom stereocenters. The van der Waals surface area contributed by atoms with E-state index < -0.39 is 0 Å². The molecule has 0 aliphatic heterocycles. The molecule has 0 nitrogen and oxygen atoms in total. The van der Waals surface area contributed by atoms with E-state index in [9.17, 15) is 0 Å². The van der Waals surface area contributed by atoms with E-state index in [4.69, 9.17) is 0 Å². The Morgan fingerprint density at radius 2 is 0.391 bits per heavy atom. The molecule has 0 saturated heterocycles. The maximum Gasteiger partial charge on any atom is -0.0414 e. The van der Waals surface area contributed by atoms with E-state index in [0.717, 1.165) is 11.8 Å². The Morgan fingerprint density at radius 1 is 0.217 bits per heavy atom. The quantitative estimate of drug-likeness (QED) is 0.420. The van der Waals surface area contributed by atoms with Gasteiger partial charge in [0.1, 0.15) is 0 Å². The minimum atomic E-state index is 1.07. The molecule has 2 aliphatic rings. The molecule has 0 aromatic rings. The van der Waals surface area contributed by atoms with Gasteiger partial charge < -0.3 is 0 Å². The van der Waals surface area contributed by atoms with Crippen molar-refractivity contribution < 1.29 is 0 Å². The predicted molar refractivity (Wildman–Crippen MR) is 104 cm³/mol. The summed E-state index contributed by atoms with van der Waals surface area (Å²) >= 11 is 0. The van der Waals surface area contributed by atoms with E-state index in [0.29, 0.717) is 0 Å². The Kier molecular flexibility index (Phi) is 11.2. The summed E-state index contributed by atoms with van der Waals surface area (Å²) < 4.78 is 0. The number of hydrogen-bond donors (Lipinski definition) is 0. The molecule has 2 saturated carbocycles. The largest absolute Gasteiger partial charge is 0.0533 e. The van der Waals surface area contributed by atoms with E-state index in [1.807, 2.05) is 0 Å². The summed E-state index contributed by atoms with van der Waals surface area (Å²) in [5.74, 6) is 2.14. The summed E-state index contributed by atoms with van der Waals surface area (Å²) in [5, 5.41) is 0. The van der Waals surface area contributed by atoms with Crippen molar-refractivity contribution in [3.8, 4) is 0 Å². The van der Waals surface area contributed by atoms with Crippen molar-refractivity contribution >= 4 is 0 Å². The molecule has 0 N–H and O–H groups in total. The summed E-state index contributed by atoms with van der Waals surface area (Å²) in [7, 11) is 0. The first kappa shape index (κ1) is 19.3. The minimum absolute atomic E-state index is 1.07. The van der Waals surface area contributed by atoms with Crippen molar-refractivity contribution in [1.29, 1.82) is 0 Å². The van der Waals surface area contributed by atoms with Crippen molar-refractivity contribution in [3.05, 3.63) is 0 Å². The zero-order valence-electron chi connectivity index (χ0n) is 16.0. The first-order valence-electron chi connectivity index (χ1n) is 11.4.